The fraction of sp³-hybridized carbons (Fsp3) is 0.808. The first kappa shape index (κ1) is 28.5. The second-order valence-corrected chi connectivity index (χ2v) is 8.37. The van der Waals surface area contributed by atoms with Gasteiger partial charge in [-0.25, -0.2) is 9.13 Å². The molecule has 0 saturated heterocycles. The smallest absolute Gasteiger partial charge is 0.254 e. The summed E-state index contributed by atoms with van der Waals surface area (Å²) in [5.74, 6) is 7.99. The van der Waals surface area contributed by atoms with Crippen LogP contribution in [0.5, 0.6) is 0 Å². The van der Waals surface area contributed by atoms with Crippen LogP contribution in [0.1, 0.15) is 122 Å². The Labute approximate surface area is 199 Å². The summed E-state index contributed by atoms with van der Waals surface area (Å²) in [7, 11) is 0. The van der Waals surface area contributed by atoms with Crippen molar-refractivity contribution in [2.24, 2.45) is 0 Å². The molecule has 0 aliphatic heterocycles. The minimum absolute atomic E-state index is 0. The van der Waals surface area contributed by atoms with Gasteiger partial charge >= 0.3 is 0 Å². The van der Waals surface area contributed by atoms with Crippen LogP contribution < -0.4 is 28.5 Å². The molecule has 168 valence electrons. The summed E-state index contributed by atoms with van der Waals surface area (Å²) in [5.41, 5.74) is 0. The van der Waals surface area contributed by atoms with Gasteiger partial charge in [-0.05, 0) is 19.3 Å². The molecule has 2 nitrogen and oxygen atoms in total. The average Bonchev–Trinajstić information content (AvgIpc) is 3.05. The van der Waals surface area contributed by atoms with Crippen LogP contribution in [0.25, 0.3) is 0 Å². The Morgan fingerprint density at radius 2 is 1.24 bits per heavy atom. The van der Waals surface area contributed by atoms with Gasteiger partial charge in [0.25, 0.3) is 5.82 Å². The maximum Gasteiger partial charge on any atom is 0.254 e. The van der Waals surface area contributed by atoms with Crippen LogP contribution in [0.3, 0.4) is 0 Å². The predicted molar refractivity (Wildman–Crippen MR) is 122 cm³/mol. The summed E-state index contributed by atoms with van der Waals surface area (Å²) in [5, 5.41) is 0. The Bertz CT molecular complexity index is 539. The molecule has 0 fully saturated rings. The van der Waals surface area contributed by atoms with E-state index in [1.165, 1.54) is 102 Å². The van der Waals surface area contributed by atoms with Crippen molar-refractivity contribution in [1.29, 1.82) is 0 Å². The molecule has 29 heavy (non-hydrogen) atoms. The van der Waals surface area contributed by atoms with Crippen LogP contribution in [0, 0.1) is 18.8 Å². The second-order valence-electron chi connectivity index (χ2n) is 8.37. The molecule has 1 aromatic rings. The molecule has 0 atom stereocenters. The summed E-state index contributed by atoms with van der Waals surface area (Å²) in [6.07, 6.45) is 26.3. The molecular formula is C26H47IN2. The minimum Gasteiger partial charge on any atom is -1.00 e. The Morgan fingerprint density at radius 1 is 0.724 bits per heavy atom. The van der Waals surface area contributed by atoms with Gasteiger partial charge in [0, 0.05) is 13.3 Å². The van der Waals surface area contributed by atoms with Crippen LogP contribution in [0.4, 0.5) is 0 Å². The van der Waals surface area contributed by atoms with Crippen LogP contribution in [-0.4, -0.2) is 4.57 Å². The van der Waals surface area contributed by atoms with Crippen LogP contribution in [0.15, 0.2) is 12.4 Å². The van der Waals surface area contributed by atoms with Gasteiger partial charge in [0.05, 0.1) is 6.54 Å². The van der Waals surface area contributed by atoms with E-state index in [-0.39, 0.29) is 24.0 Å². The highest BCUT2D eigenvalue weighted by Crippen LogP contribution is 2.12. The summed E-state index contributed by atoms with van der Waals surface area (Å²) >= 11 is 0. The van der Waals surface area contributed by atoms with Crippen molar-refractivity contribution in [2.75, 3.05) is 0 Å². The van der Waals surface area contributed by atoms with Crippen molar-refractivity contribution in [3.63, 3.8) is 0 Å². The number of hydrogen-bond donors (Lipinski definition) is 0. The highest BCUT2D eigenvalue weighted by atomic mass is 127. The largest absolute Gasteiger partial charge is 1.00 e. The third-order valence-electron chi connectivity index (χ3n) is 5.79. The molecule has 1 aromatic heterocycles. The van der Waals surface area contributed by atoms with Gasteiger partial charge in [-0.3, -0.25) is 0 Å². The zero-order chi connectivity index (χ0) is 20.3. The zero-order valence-corrected chi connectivity index (χ0v) is 21.8. The summed E-state index contributed by atoms with van der Waals surface area (Å²) in [6, 6.07) is 0. The van der Waals surface area contributed by atoms with E-state index >= 15 is 0 Å². The van der Waals surface area contributed by atoms with Crippen molar-refractivity contribution < 1.29 is 28.5 Å². The van der Waals surface area contributed by atoms with Gasteiger partial charge in [-0.15, -0.1) is 0 Å². The average molecular weight is 515 g/mol. The van der Waals surface area contributed by atoms with Gasteiger partial charge in [0.15, 0.2) is 6.54 Å². The molecule has 0 bridgehead atoms. The van der Waals surface area contributed by atoms with E-state index in [0.29, 0.717) is 0 Å². The van der Waals surface area contributed by atoms with Gasteiger partial charge in [0.1, 0.15) is 12.4 Å². The molecule has 0 unspecified atom stereocenters. The standard InChI is InChI=1S/C26H47N2.HI/c1-4-6-8-10-12-13-14-15-16-17-19-21-23-28-25-24-27(26(28)3)22-20-18-11-9-7-5-2;/h24-25H,4-17,19,21-23H2,1-3H3;1H/q+1;/p-1. The minimum atomic E-state index is 0. The summed E-state index contributed by atoms with van der Waals surface area (Å²) in [4.78, 5) is 0. The van der Waals surface area contributed by atoms with E-state index < -0.39 is 0 Å². The molecule has 1 rings (SSSR count). The highest BCUT2D eigenvalue weighted by Gasteiger charge is 2.10. The van der Waals surface area contributed by atoms with Gasteiger partial charge in [-0.2, -0.15) is 0 Å². The molecule has 0 aromatic carbocycles. The van der Waals surface area contributed by atoms with Crippen molar-refractivity contribution in [3.05, 3.63) is 18.2 Å². The molecule has 0 N–H and O–H groups in total. The van der Waals surface area contributed by atoms with Crippen LogP contribution >= 0.6 is 0 Å². The summed E-state index contributed by atoms with van der Waals surface area (Å²) < 4.78 is 4.68. The Hall–Kier alpha value is -0.500. The fourth-order valence-corrected chi connectivity index (χ4v) is 3.76. The van der Waals surface area contributed by atoms with E-state index in [1.807, 2.05) is 0 Å². The highest BCUT2D eigenvalue weighted by molar-refractivity contribution is 5.00. The Balaban J connectivity index is 0.00000784. The molecule has 0 spiro atoms. The third-order valence-corrected chi connectivity index (χ3v) is 5.79. The number of aromatic nitrogens is 2. The second kappa shape index (κ2) is 20.8. The first-order valence-corrected chi connectivity index (χ1v) is 12.3. The molecule has 0 aliphatic carbocycles. The monoisotopic (exact) mass is 514 g/mol. The molecule has 0 saturated carbocycles. The number of unbranched alkanes of at least 4 members (excludes halogenated alkanes) is 14. The molecule has 1 heterocycles. The lowest BCUT2D eigenvalue weighted by Gasteiger charge is -2.03. The fourth-order valence-electron chi connectivity index (χ4n) is 3.76. The van der Waals surface area contributed by atoms with Gasteiger partial charge in [0.2, 0.25) is 0 Å². The Kier molecular flexibility index (Phi) is 20.4. The number of imidazole rings is 1. The van der Waals surface area contributed by atoms with Gasteiger partial charge in [-0.1, -0.05) is 103 Å². The van der Waals surface area contributed by atoms with E-state index in [0.717, 1.165) is 19.5 Å². The Morgan fingerprint density at radius 3 is 1.83 bits per heavy atom. The first-order chi connectivity index (χ1) is 13.8. The molecule has 0 aliphatic rings. The lowest BCUT2D eigenvalue weighted by atomic mass is 10.1. The van der Waals surface area contributed by atoms with E-state index in [2.05, 4.69) is 54.1 Å². The zero-order valence-electron chi connectivity index (χ0n) is 19.7. The lowest BCUT2D eigenvalue weighted by molar-refractivity contribution is -0.702. The van der Waals surface area contributed by atoms with Gasteiger partial charge < -0.3 is 24.0 Å². The topological polar surface area (TPSA) is 8.81 Å². The van der Waals surface area contributed by atoms with Crippen molar-refractivity contribution in [1.82, 2.24) is 4.57 Å². The molecular weight excluding hydrogens is 467 g/mol. The number of rotatable bonds is 17. The van der Waals surface area contributed by atoms with E-state index in [9.17, 15) is 0 Å². The molecule has 0 radical (unpaired) electrons. The van der Waals surface area contributed by atoms with E-state index in [4.69, 9.17) is 0 Å². The maximum atomic E-state index is 3.33. The number of aryl methyl sites for hydroxylation is 1. The normalized spacial score (nSPS) is 10.4. The van der Waals surface area contributed by atoms with Crippen molar-refractivity contribution >= 4 is 0 Å². The van der Waals surface area contributed by atoms with Crippen LogP contribution in [0.2, 0.25) is 0 Å². The molecule has 0 amide bonds. The number of nitrogens with zero attached hydrogens (tertiary/aromatic N) is 2. The predicted octanol–water partition coefficient (Wildman–Crippen LogP) is 4.37. The first-order valence-electron chi connectivity index (χ1n) is 12.3. The molecule has 3 heteroatoms. The summed E-state index contributed by atoms with van der Waals surface area (Å²) in [6.45, 7) is 8.75. The SMILES string of the molecule is CCCCCC#CCn1cc[n+](CCCCCCCCCCCCCC)c1C.[I-]. The van der Waals surface area contributed by atoms with Crippen molar-refractivity contribution in [2.45, 2.75) is 137 Å². The quantitative estimate of drug-likeness (QED) is 0.126. The maximum absolute atomic E-state index is 3.33. The third kappa shape index (κ3) is 15.0. The van der Waals surface area contributed by atoms with Crippen LogP contribution in [-0.2, 0) is 13.1 Å². The lowest BCUT2D eigenvalue weighted by Crippen LogP contribution is -3.00. The van der Waals surface area contributed by atoms with E-state index in [1.54, 1.807) is 0 Å². The number of halogens is 1. The number of hydrogen-bond acceptors (Lipinski definition) is 0. The van der Waals surface area contributed by atoms with Crippen molar-refractivity contribution in [3.8, 4) is 11.8 Å².